The summed E-state index contributed by atoms with van der Waals surface area (Å²) in [6.07, 6.45) is 4.07. The predicted octanol–water partition coefficient (Wildman–Crippen LogP) is 5.63. The zero-order valence-electron chi connectivity index (χ0n) is 16.1. The van der Waals surface area contributed by atoms with Gasteiger partial charge in [0.15, 0.2) is 5.78 Å². The first-order valence-electron chi connectivity index (χ1n) is 9.92. The summed E-state index contributed by atoms with van der Waals surface area (Å²) < 4.78 is 0. The van der Waals surface area contributed by atoms with Crippen molar-refractivity contribution in [3.8, 4) is 0 Å². The quantitative estimate of drug-likeness (QED) is 0.460. The SMILES string of the molecule is O=C1/C(=C/c2cccc3ccccc23)CNC/C1=C\c1cccc2ccccc12. The molecule has 1 N–H and O–H groups in total. The first kappa shape index (κ1) is 17.6. The molecule has 0 spiro atoms. The van der Waals surface area contributed by atoms with Gasteiger partial charge < -0.3 is 5.32 Å². The topological polar surface area (TPSA) is 29.1 Å². The number of ketones is 1. The lowest BCUT2D eigenvalue weighted by atomic mass is 9.93. The number of nitrogens with one attached hydrogen (secondary N) is 1. The molecule has 1 aliphatic heterocycles. The fourth-order valence-corrected chi connectivity index (χ4v) is 4.06. The molecule has 2 heteroatoms. The van der Waals surface area contributed by atoms with Gasteiger partial charge in [-0.15, -0.1) is 0 Å². The molecule has 0 aliphatic carbocycles. The highest BCUT2D eigenvalue weighted by Crippen LogP contribution is 2.25. The Morgan fingerprint density at radius 2 is 1.03 bits per heavy atom. The molecule has 0 unspecified atom stereocenters. The van der Waals surface area contributed by atoms with Gasteiger partial charge in [-0.1, -0.05) is 84.9 Å². The Kier molecular flexibility index (Phi) is 4.55. The third-order valence-corrected chi connectivity index (χ3v) is 5.52. The molecule has 5 rings (SSSR count). The molecule has 0 amide bonds. The van der Waals surface area contributed by atoms with Crippen molar-refractivity contribution in [3.63, 3.8) is 0 Å². The van der Waals surface area contributed by atoms with Crippen molar-refractivity contribution in [3.05, 3.63) is 107 Å². The van der Waals surface area contributed by atoms with Crippen LogP contribution >= 0.6 is 0 Å². The van der Waals surface area contributed by atoms with E-state index in [9.17, 15) is 4.79 Å². The van der Waals surface area contributed by atoms with Gasteiger partial charge in [-0.2, -0.15) is 0 Å². The Morgan fingerprint density at radius 3 is 1.55 bits per heavy atom. The summed E-state index contributed by atoms with van der Waals surface area (Å²) in [7, 11) is 0. The Labute approximate surface area is 170 Å². The first-order chi connectivity index (χ1) is 14.3. The summed E-state index contributed by atoms with van der Waals surface area (Å²) in [5, 5.41) is 8.10. The number of Topliss-reactive ketones (excluding diaryl/α,β-unsaturated/α-hetero) is 1. The van der Waals surface area contributed by atoms with Gasteiger partial charge in [0.05, 0.1) is 0 Å². The number of rotatable bonds is 2. The molecule has 4 aromatic rings. The summed E-state index contributed by atoms with van der Waals surface area (Å²) in [5.41, 5.74) is 3.78. The van der Waals surface area contributed by atoms with E-state index < -0.39 is 0 Å². The number of fused-ring (bicyclic) bond motifs is 2. The molecule has 140 valence electrons. The third-order valence-electron chi connectivity index (χ3n) is 5.52. The minimum absolute atomic E-state index is 0.129. The zero-order chi connectivity index (χ0) is 19.6. The molecule has 1 saturated heterocycles. The van der Waals surface area contributed by atoms with E-state index in [0.717, 1.165) is 22.3 Å². The van der Waals surface area contributed by atoms with E-state index in [1.165, 1.54) is 21.5 Å². The van der Waals surface area contributed by atoms with Crippen LogP contribution in [0.4, 0.5) is 0 Å². The van der Waals surface area contributed by atoms with Gasteiger partial charge in [-0.3, -0.25) is 4.79 Å². The van der Waals surface area contributed by atoms with Crippen molar-refractivity contribution in [2.75, 3.05) is 13.1 Å². The van der Waals surface area contributed by atoms with Crippen LogP contribution in [0, 0.1) is 0 Å². The van der Waals surface area contributed by atoms with E-state index in [4.69, 9.17) is 0 Å². The van der Waals surface area contributed by atoms with Gasteiger partial charge in [0.25, 0.3) is 0 Å². The van der Waals surface area contributed by atoms with Crippen LogP contribution in [0.3, 0.4) is 0 Å². The number of benzene rings is 4. The lowest BCUT2D eigenvalue weighted by molar-refractivity contribution is -0.112. The van der Waals surface area contributed by atoms with Gasteiger partial charge in [-0.25, -0.2) is 0 Å². The molecule has 1 heterocycles. The zero-order valence-corrected chi connectivity index (χ0v) is 16.1. The van der Waals surface area contributed by atoms with E-state index in [1.807, 2.05) is 48.6 Å². The van der Waals surface area contributed by atoms with Crippen LogP contribution in [0.15, 0.2) is 96.1 Å². The van der Waals surface area contributed by atoms with Crippen molar-refractivity contribution < 1.29 is 4.79 Å². The monoisotopic (exact) mass is 375 g/mol. The smallest absolute Gasteiger partial charge is 0.187 e. The van der Waals surface area contributed by atoms with Crippen LogP contribution < -0.4 is 5.32 Å². The summed E-state index contributed by atoms with van der Waals surface area (Å²) in [5.74, 6) is 0.129. The Morgan fingerprint density at radius 1 is 0.586 bits per heavy atom. The van der Waals surface area contributed by atoms with Gasteiger partial charge >= 0.3 is 0 Å². The maximum atomic E-state index is 13.2. The maximum Gasteiger partial charge on any atom is 0.187 e. The maximum absolute atomic E-state index is 13.2. The lowest BCUT2D eigenvalue weighted by Crippen LogP contribution is -2.32. The van der Waals surface area contributed by atoms with E-state index in [0.29, 0.717) is 13.1 Å². The molecule has 1 aliphatic rings. The van der Waals surface area contributed by atoms with E-state index >= 15 is 0 Å². The van der Waals surface area contributed by atoms with Crippen LogP contribution in [-0.4, -0.2) is 18.9 Å². The minimum Gasteiger partial charge on any atom is -0.308 e. The van der Waals surface area contributed by atoms with Crippen molar-refractivity contribution in [2.45, 2.75) is 0 Å². The molecule has 0 radical (unpaired) electrons. The largest absolute Gasteiger partial charge is 0.308 e. The normalized spacial score (nSPS) is 17.4. The molecule has 0 aromatic heterocycles. The van der Waals surface area contributed by atoms with Gasteiger partial charge in [-0.05, 0) is 44.8 Å². The van der Waals surface area contributed by atoms with Gasteiger partial charge in [0.2, 0.25) is 0 Å². The molecule has 0 bridgehead atoms. The third kappa shape index (κ3) is 3.39. The van der Waals surface area contributed by atoms with E-state index in [2.05, 4.69) is 53.8 Å². The Bertz CT molecular complexity index is 1190. The van der Waals surface area contributed by atoms with Crippen molar-refractivity contribution in [1.82, 2.24) is 5.32 Å². The standard InChI is InChI=1S/C27H21NO/c29-27-23(15-21-11-5-9-19-7-1-3-13-25(19)21)17-28-18-24(27)16-22-12-6-10-20-8-2-4-14-26(20)22/h1-16,28H,17-18H2/b23-15+,24-16+. The summed E-state index contributed by atoms with van der Waals surface area (Å²) in [4.78, 5) is 13.2. The molecular formula is C27H21NO. The number of hydrogen-bond acceptors (Lipinski definition) is 2. The second kappa shape index (κ2) is 7.50. The number of carbonyl (C=O) groups excluding carboxylic acids is 1. The van der Waals surface area contributed by atoms with Crippen LogP contribution in [0.5, 0.6) is 0 Å². The van der Waals surface area contributed by atoms with E-state index in [-0.39, 0.29) is 5.78 Å². The molecule has 2 nitrogen and oxygen atoms in total. The molecule has 0 atom stereocenters. The van der Waals surface area contributed by atoms with E-state index in [1.54, 1.807) is 0 Å². The molecule has 0 saturated carbocycles. The molecule has 1 fully saturated rings. The molecular weight excluding hydrogens is 354 g/mol. The first-order valence-corrected chi connectivity index (χ1v) is 9.92. The highest BCUT2D eigenvalue weighted by Gasteiger charge is 2.20. The molecule has 29 heavy (non-hydrogen) atoms. The minimum atomic E-state index is 0.129. The number of carbonyl (C=O) groups is 1. The average molecular weight is 375 g/mol. The second-order valence-electron chi connectivity index (χ2n) is 7.41. The Hall–Kier alpha value is -3.49. The second-order valence-corrected chi connectivity index (χ2v) is 7.41. The van der Waals surface area contributed by atoms with Crippen LogP contribution in [0.25, 0.3) is 33.7 Å². The summed E-state index contributed by atoms with van der Waals surface area (Å²) in [6.45, 7) is 1.18. The lowest BCUT2D eigenvalue weighted by Gasteiger charge is -2.18. The number of hydrogen-bond donors (Lipinski definition) is 1. The fourth-order valence-electron chi connectivity index (χ4n) is 4.06. The summed E-state index contributed by atoms with van der Waals surface area (Å²) >= 11 is 0. The van der Waals surface area contributed by atoms with Gasteiger partial charge in [0, 0.05) is 24.2 Å². The fraction of sp³-hybridized carbons (Fsp3) is 0.0741. The summed E-state index contributed by atoms with van der Waals surface area (Å²) in [6, 6.07) is 29.0. The highest BCUT2D eigenvalue weighted by molar-refractivity contribution is 6.16. The highest BCUT2D eigenvalue weighted by atomic mass is 16.1. The van der Waals surface area contributed by atoms with Crippen LogP contribution in [0.2, 0.25) is 0 Å². The van der Waals surface area contributed by atoms with Crippen molar-refractivity contribution in [2.24, 2.45) is 0 Å². The van der Waals surface area contributed by atoms with Crippen molar-refractivity contribution >= 4 is 39.5 Å². The number of piperidine rings is 1. The Balaban J connectivity index is 1.55. The van der Waals surface area contributed by atoms with Crippen LogP contribution in [0.1, 0.15) is 11.1 Å². The van der Waals surface area contributed by atoms with Gasteiger partial charge in [0.1, 0.15) is 0 Å². The van der Waals surface area contributed by atoms with Crippen LogP contribution in [-0.2, 0) is 4.79 Å². The molecule has 4 aromatic carbocycles. The average Bonchev–Trinajstić information content (AvgIpc) is 2.77. The predicted molar refractivity (Wildman–Crippen MR) is 122 cm³/mol. The van der Waals surface area contributed by atoms with Crippen molar-refractivity contribution in [1.29, 1.82) is 0 Å².